The lowest BCUT2D eigenvalue weighted by Gasteiger charge is -2.19. The Morgan fingerprint density at radius 1 is 1.54 bits per heavy atom. The van der Waals surface area contributed by atoms with E-state index in [1.165, 1.54) is 0 Å². The minimum atomic E-state index is -1.22. The molecule has 0 spiro atoms. The number of alkyl halides is 1. The van der Waals surface area contributed by atoms with Crippen molar-refractivity contribution in [1.82, 2.24) is 4.98 Å². The molecular formula is C11H16FN. The van der Waals surface area contributed by atoms with Crippen LogP contribution in [0.4, 0.5) is 4.39 Å². The highest BCUT2D eigenvalue weighted by Crippen LogP contribution is 2.30. The van der Waals surface area contributed by atoms with Crippen LogP contribution >= 0.6 is 0 Å². The second kappa shape index (κ2) is 4.35. The fourth-order valence-corrected chi connectivity index (χ4v) is 1.32. The predicted molar refractivity (Wildman–Crippen MR) is 52.2 cm³/mol. The van der Waals surface area contributed by atoms with E-state index in [0.29, 0.717) is 12.0 Å². The van der Waals surface area contributed by atoms with Gasteiger partial charge in [0.25, 0.3) is 0 Å². The largest absolute Gasteiger partial charge is 0.264 e. The molecule has 0 saturated heterocycles. The summed E-state index contributed by atoms with van der Waals surface area (Å²) in [5.74, 6) is 0. The van der Waals surface area contributed by atoms with E-state index < -0.39 is 5.67 Å². The number of rotatable bonds is 4. The Labute approximate surface area is 79.0 Å². The summed E-state index contributed by atoms with van der Waals surface area (Å²) in [5, 5.41) is 0. The van der Waals surface area contributed by atoms with Crippen molar-refractivity contribution in [2.45, 2.75) is 38.8 Å². The minimum absolute atomic E-state index is 0.579. The predicted octanol–water partition coefficient (Wildman–Crippen LogP) is 3.46. The van der Waals surface area contributed by atoms with Gasteiger partial charge >= 0.3 is 0 Å². The van der Waals surface area contributed by atoms with Gasteiger partial charge in [-0.25, -0.2) is 4.39 Å². The zero-order valence-electron chi connectivity index (χ0n) is 8.26. The number of hydrogen-bond acceptors (Lipinski definition) is 1. The molecular weight excluding hydrogens is 165 g/mol. The van der Waals surface area contributed by atoms with Gasteiger partial charge in [0.05, 0.1) is 0 Å². The topological polar surface area (TPSA) is 12.9 Å². The number of halogens is 1. The van der Waals surface area contributed by atoms with Crippen molar-refractivity contribution in [1.29, 1.82) is 0 Å². The second-order valence-electron chi connectivity index (χ2n) is 3.54. The van der Waals surface area contributed by atoms with Crippen LogP contribution in [-0.2, 0) is 5.67 Å². The smallest absolute Gasteiger partial charge is 0.134 e. The summed E-state index contributed by atoms with van der Waals surface area (Å²) in [6.07, 6.45) is 5.80. The van der Waals surface area contributed by atoms with E-state index in [4.69, 9.17) is 0 Å². The third-order valence-corrected chi connectivity index (χ3v) is 2.26. The first-order chi connectivity index (χ1) is 6.17. The van der Waals surface area contributed by atoms with E-state index in [1.807, 2.05) is 0 Å². The zero-order valence-corrected chi connectivity index (χ0v) is 8.26. The van der Waals surface area contributed by atoms with Gasteiger partial charge in [0.15, 0.2) is 0 Å². The van der Waals surface area contributed by atoms with E-state index in [2.05, 4.69) is 11.9 Å². The first-order valence-corrected chi connectivity index (χ1v) is 4.76. The summed E-state index contributed by atoms with van der Waals surface area (Å²) >= 11 is 0. The van der Waals surface area contributed by atoms with Crippen LogP contribution in [0.2, 0.25) is 0 Å². The number of hydrogen-bond donors (Lipinski definition) is 0. The van der Waals surface area contributed by atoms with Gasteiger partial charge in [-0.15, -0.1) is 0 Å². The lowest BCUT2D eigenvalue weighted by atomic mass is 9.94. The average Bonchev–Trinajstić information content (AvgIpc) is 2.16. The lowest BCUT2D eigenvalue weighted by molar-refractivity contribution is 0.172. The van der Waals surface area contributed by atoms with Crippen LogP contribution in [0.1, 0.15) is 38.7 Å². The van der Waals surface area contributed by atoms with E-state index in [0.717, 1.165) is 12.8 Å². The van der Waals surface area contributed by atoms with Gasteiger partial charge in [-0.2, -0.15) is 0 Å². The molecule has 0 bridgehead atoms. The molecule has 1 aromatic heterocycles. The molecule has 1 atom stereocenters. The van der Waals surface area contributed by atoms with Crippen LogP contribution < -0.4 is 0 Å². The van der Waals surface area contributed by atoms with Crippen LogP contribution in [0.3, 0.4) is 0 Å². The van der Waals surface area contributed by atoms with Gasteiger partial charge in [0.1, 0.15) is 5.67 Å². The van der Waals surface area contributed by atoms with Gasteiger partial charge in [0.2, 0.25) is 0 Å². The lowest BCUT2D eigenvalue weighted by Crippen LogP contribution is -2.14. The van der Waals surface area contributed by atoms with Crippen LogP contribution in [0.15, 0.2) is 24.5 Å². The third kappa shape index (κ3) is 2.79. The molecule has 0 N–H and O–H groups in total. The van der Waals surface area contributed by atoms with Crippen LogP contribution in [-0.4, -0.2) is 4.98 Å². The summed E-state index contributed by atoms with van der Waals surface area (Å²) in [7, 11) is 0. The van der Waals surface area contributed by atoms with Gasteiger partial charge < -0.3 is 0 Å². The molecule has 0 saturated carbocycles. The number of unbranched alkanes of at least 4 members (excludes halogenated alkanes) is 1. The van der Waals surface area contributed by atoms with Gasteiger partial charge in [-0.3, -0.25) is 4.98 Å². The Morgan fingerprint density at radius 3 is 2.85 bits per heavy atom. The quantitative estimate of drug-likeness (QED) is 0.693. The molecule has 2 heteroatoms. The molecule has 13 heavy (non-hydrogen) atoms. The van der Waals surface area contributed by atoms with Gasteiger partial charge in [0, 0.05) is 18.0 Å². The summed E-state index contributed by atoms with van der Waals surface area (Å²) in [6.45, 7) is 3.69. The van der Waals surface area contributed by atoms with Crippen LogP contribution in [0, 0.1) is 0 Å². The minimum Gasteiger partial charge on any atom is -0.264 e. The molecule has 1 rings (SSSR count). The number of nitrogens with zero attached hydrogens (tertiary/aromatic N) is 1. The first-order valence-electron chi connectivity index (χ1n) is 4.76. The fraction of sp³-hybridized carbons (Fsp3) is 0.545. The number of pyridine rings is 1. The molecule has 0 aliphatic rings. The highest BCUT2D eigenvalue weighted by atomic mass is 19.1. The molecule has 1 heterocycles. The van der Waals surface area contributed by atoms with Crippen LogP contribution in [0.25, 0.3) is 0 Å². The molecule has 0 aliphatic heterocycles. The van der Waals surface area contributed by atoms with Crippen LogP contribution in [0.5, 0.6) is 0 Å². The van der Waals surface area contributed by atoms with Crippen molar-refractivity contribution in [3.63, 3.8) is 0 Å². The van der Waals surface area contributed by atoms with Crippen molar-refractivity contribution in [3.05, 3.63) is 30.1 Å². The summed E-state index contributed by atoms with van der Waals surface area (Å²) in [4.78, 5) is 3.92. The Kier molecular flexibility index (Phi) is 3.40. The van der Waals surface area contributed by atoms with E-state index in [1.54, 1.807) is 31.5 Å². The van der Waals surface area contributed by atoms with Crippen molar-refractivity contribution in [2.24, 2.45) is 0 Å². The monoisotopic (exact) mass is 181 g/mol. The highest BCUT2D eigenvalue weighted by Gasteiger charge is 2.24. The van der Waals surface area contributed by atoms with E-state index in [-0.39, 0.29) is 0 Å². The molecule has 1 unspecified atom stereocenters. The maximum atomic E-state index is 14.0. The van der Waals surface area contributed by atoms with Crippen molar-refractivity contribution >= 4 is 0 Å². The molecule has 0 radical (unpaired) electrons. The van der Waals surface area contributed by atoms with E-state index in [9.17, 15) is 4.39 Å². The Morgan fingerprint density at radius 2 is 2.31 bits per heavy atom. The zero-order chi connectivity index (χ0) is 9.73. The van der Waals surface area contributed by atoms with E-state index >= 15 is 0 Å². The van der Waals surface area contributed by atoms with Crippen molar-refractivity contribution in [2.75, 3.05) is 0 Å². The SMILES string of the molecule is CCCCC(C)(F)c1cccnc1. The van der Waals surface area contributed by atoms with Gasteiger partial charge in [-0.1, -0.05) is 25.8 Å². The maximum absolute atomic E-state index is 14.0. The summed E-state index contributed by atoms with van der Waals surface area (Å²) < 4.78 is 14.0. The molecule has 0 fully saturated rings. The van der Waals surface area contributed by atoms with Crippen molar-refractivity contribution < 1.29 is 4.39 Å². The molecule has 1 aromatic rings. The molecule has 72 valence electrons. The normalized spacial score (nSPS) is 15.3. The molecule has 0 aliphatic carbocycles. The molecule has 0 aromatic carbocycles. The first kappa shape index (κ1) is 10.2. The number of aromatic nitrogens is 1. The molecule has 1 nitrogen and oxygen atoms in total. The molecule has 0 amide bonds. The third-order valence-electron chi connectivity index (χ3n) is 2.26. The van der Waals surface area contributed by atoms with Crippen molar-refractivity contribution in [3.8, 4) is 0 Å². The Balaban J connectivity index is 2.69. The highest BCUT2D eigenvalue weighted by molar-refractivity contribution is 5.16. The fourth-order valence-electron chi connectivity index (χ4n) is 1.32. The Bertz CT molecular complexity index is 244. The summed E-state index contributed by atoms with van der Waals surface area (Å²) in [6, 6.07) is 3.57. The standard InChI is InChI=1S/C11H16FN/c1-3-4-7-11(2,12)10-6-5-8-13-9-10/h5-6,8-9H,3-4,7H2,1-2H3. The maximum Gasteiger partial charge on any atom is 0.134 e. The van der Waals surface area contributed by atoms with Gasteiger partial charge in [-0.05, 0) is 19.4 Å². The average molecular weight is 181 g/mol. The Hall–Kier alpha value is -0.920. The second-order valence-corrected chi connectivity index (χ2v) is 3.54. The summed E-state index contributed by atoms with van der Waals surface area (Å²) in [5.41, 5.74) is -0.534.